The number of phenols is 1. The number of para-hydroxylation sites is 1. The summed E-state index contributed by atoms with van der Waals surface area (Å²) in [6.45, 7) is 5.06. The van der Waals surface area contributed by atoms with E-state index in [2.05, 4.69) is 4.90 Å². The van der Waals surface area contributed by atoms with Crippen LogP contribution in [0.3, 0.4) is 0 Å². The first-order valence-corrected chi connectivity index (χ1v) is 10.4. The summed E-state index contributed by atoms with van der Waals surface area (Å²) < 4.78 is 11.7. The summed E-state index contributed by atoms with van der Waals surface area (Å²) in [5, 5.41) is 10.5. The fourth-order valence-corrected chi connectivity index (χ4v) is 4.00. The molecular formula is C24H27NO4. The Morgan fingerprint density at radius 3 is 2.62 bits per heavy atom. The predicted octanol–water partition coefficient (Wildman–Crippen LogP) is 4.78. The summed E-state index contributed by atoms with van der Waals surface area (Å²) >= 11 is 0. The number of ketones is 1. The number of carbonyl (C=O) groups excluding carboxylic acids is 1. The molecule has 5 nitrogen and oxygen atoms in total. The molecule has 1 fully saturated rings. The minimum absolute atomic E-state index is 0.164. The van der Waals surface area contributed by atoms with Crippen LogP contribution in [-0.4, -0.2) is 35.5 Å². The molecule has 0 amide bonds. The van der Waals surface area contributed by atoms with E-state index in [4.69, 9.17) is 9.47 Å². The average Bonchev–Trinajstić information content (AvgIpc) is 2.88. The summed E-state index contributed by atoms with van der Waals surface area (Å²) in [6.07, 6.45) is 6.54. The number of aromatic hydroxyl groups is 1. The lowest BCUT2D eigenvalue weighted by Gasteiger charge is -2.21. The van der Waals surface area contributed by atoms with Gasteiger partial charge in [-0.1, -0.05) is 31.0 Å². The Morgan fingerprint density at radius 2 is 1.86 bits per heavy atom. The third-order valence-electron chi connectivity index (χ3n) is 5.50. The first kappa shape index (κ1) is 19.5. The van der Waals surface area contributed by atoms with Gasteiger partial charge in [0, 0.05) is 12.1 Å². The molecule has 0 aromatic heterocycles. The zero-order chi connectivity index (χ0) is 20.2. The van der Waals surface area contributed by atoms with Crippen molar-refractivity contribution in [2.24, 2.45) is 0 Å². The van der Waals surface area contributed by atoms with E-state index >= 15 is 0 Å². The number of allylic oxidation sites excluding steroid dienone is 1. The number of fused-ring (bicyclic) bond motifs is 1. The highest BCUT2D eigenvalue weighted by molar-refractivity contribution is 6.15. The lowest BCUT2D eigenvalue weighted by Crippen LogP contribution is -2.24. The van der Waals surface area contributed by atoms with Gasteiger partial charge in [-0.2, -0.15) is 0 Å². The molecule has 0 unspecified atom stereocenters. The molecule has 0 aliphatic carbocycles. The van der Waals surface area contributed by atoms with Gasteiger partial charge in [-0.15, -0.1) is 0 Å². The van der Waals surface area contributed by atoms with Gasteiger partial charge >= 0.3 is 0 Å². The monoisotopic (exact) mass is 393 g/mol. The largest absolute Gasteiger partial charge is 0.507 e. The SMILES string of the molecule is CCOc1ccccc1/C=C1\Oc2c(ccc(O)c2CN2CCCCCC2)C1=O. The summed E-state index contributed by atoms with van der Waals surface area (Å²) in [7, 11) is 0. The molecule has 2 aromatic carbocycles. The van der Waals surface area contributed by atoms with Crippen molar-refractivity contribution >= 4 is 11.9 Å². The topological polar surface area (TPSA) is 59.0 Å². The molecule has 0 radical (unpaired) electrons. The Bertz CT molecular complexity index is 926. The highest BCUT2D eigenvalue weighted by atomic mass is 16.5. The van der Waals surface area contributed by atoms with E-state index in [1.54, 1.807) is 18.2 Å². The predicted molar refractivity (Wildman–Crippen MR) is 112 cm³/mol. The molecule has 4 rings (SSSR count). The highest BCUT2D eigenvalue weighted by Crippen LogP contribution is 2.40. The molecule has 2 aliphatic rings. The Hall–Kier alpha value is -2.79. The van der Waals surface area contributed by atoms with Crippen LogP contribution in [0.2, 0.25) is 0 Å². The third kappa shape index (κ3) is 4.15. The van der Waals surface area contributed by atoms with E-state index in [1.807, 2.05) is 31.2 Å². The Kier molecular flexibility index (Phi) is 5.86. The van der Waals surface area contributed by atoms with E-state index in [1.165, 1.54) is 12.8 Å². The quantitative estimate of drug-likeness (QED) is 0.741. The number of nitrogens with zero attached hydrogens (tertiary/aromatic N) is 1. The lowest BCUT2D eigenvalue weighted by molar-refractivity contribution is 0.101. The first-order chi connectivity index (χ1) is 14.2. The summed E-state index contributed by atoms with van der Waals surface area (Å²) in [6, 6.07) is 10.8. The number of ether oxygens (including phenoxy) is 2. The van der Waals surface area contributed by atoms with E-state index in [0.717, 1.165) is 31.5 Å². The van der Waals surface area contributed by atoms with Gasteiger partial charge < -0.3 is 14.6 Å². The van der Waals surface area contributed by atoms with Crippen molar-refractivity contribution in [2.75, 3.05) is 19.7 Å². The molecule has 2 aromatic rings. The van der Waals surface area contributed by atoms with Crippen molar-refractivity contribution in [3.8, 4) is 17.2 Å². The molecule has 2 aliphatic heterocycles. The number of hydrogen-bond acceptors (Lipinski definition) is 5. The minimum Gasteiger partial charge on any atom is -0.507 e. The van der Waals surface area contributed by atoms with E-state index in [-0.39, 0.29) is 17.3 Å². The van der Waals surface area contributed by atoms with E-state index < -0.39 is 0 Å². The Balaban J connectivity index is 1.64. The van der Waals surface area contributed by atoms with Crippen molar-refractivity contribution in [1.82, 2.24) is 4.90 Å². The van der Waals surface area contributed by atoms with E-state index in [9.17, 15) is 9.90 Å². The standard InChI is InChI=1S/C24H27NO4/c1-2-28-21-10-6-5-9-17(21)15-22-23(27)18-11-12-20(26)19(24(18)29-22)16-25-13-7-3-4-8-14-25/h5-6,9-12,15,26H,2-4,7-8,13-14,16H2,1H3/b22-15-. The van der Waals surface area contributed by atoms with Gasteiger partial charge in [-0.05, 0) is 57.1 Å². The van der Waals surface area contributed by atoms with Gasteiger partial charge in [0.1, 0.15) is 17.2 Å². The second kappa shape index (κ2) is 8.70. The van der Waals surface area contributed by atoms with E-state index in [0.29, 0.717) is 35.8 Å². The molecule has 0 bridgehead atoms. The van der Waals surface area contributed by atoms with Gasteiger partial charge in [-0.3, -0.25) is 9.69 Å². The maximum Gasteiger partial charge on any atom is 0.231 e. The van der Waals surface area contributed by atoms with Gasteiger partial charge in [0.15, 0.2) is 5.76 Å². The van der Waals surface area contributed by atoms with Crippen molar-refractivity contribution in [2.45, 2.75) is 39.2 Å². The Labute approximate surface area is 171 Å². The van der Waals surface area contributed by atoms with Crippen LogP contribution in [0.4, 0.5) is 0 Å². The number of rotatable bonds is 5. The average molecular weight is 393 g/mol. The van der Waals surface area contributed by atoms with Crippen LogP contribution in [0.15, 0.2) is 42.2 Å². The molecule has 0 atom stereocenters. The minimum atomic E-state index is -0.164. The summed E-state index contributed by atoms with van der Waals surface area (Å²) in [5.74, 6) is 1.47. The van der Waals surface area contributed by atoms with Crippen LogP contribution >= 0.6 is 0 Å². The molecule has 0 saturated carbocycles. The highest BCUT2D eigenvalue weighted by Gasteiger charge is 2.32. The van der Waals surface area contributed by atoms with Crippen LogP contribution in [0.1, 0.15) is 54.1 Å². The number of phenolic OH excluding ortho intramolecular Hbond substituents is 1. The number of hydrogen-bond donors (Lipinski definition) is 1. The fourth-order valence-electron chi connectivity index (χ4n) is 4.00. The van der Waals surface area contributed by atoms with Crippen LogP contribution < -0.4 is 9.47 Å². The van der Waals surface area contributed by atoms with Gasteiger partial charge in [-0.25, -0.2) is 0 Å². The normalized spacial score (nSPS) is 18.4. The fraction of sp³-hybridized carbons (Fsp3) is 0.375. The van der Waals surface area contributed by atoms with Gasteiger partial charge in [0.2, 0.25) is 5.78 Å². The second-order valence-electron chi connectivity index (χ2n) is 7.54. The van der Waals surface area contributed by atoms with Gasteiger partial charge in [0.05, 0.1) is 17.7 Å². The number of Topliss-reactive ketones (excluding diaryl/α,β-unsaturated/α-hetero) is 1. The van der Waals surface area contributed by atoms with Crippen molar-refractivity contribution in [3.63, 3.8) is 0 Å². The zero-order valence-electron chi connectivity index (χ0n) is 16.8. The number of likely N-dealkylation sites (tertiary alicyclic amines) is 1. The van der Waals surface area contributed by atoms with Crippen LogP contribution in [-0.2, 0) is 6.54 Å². The van der Waals surface area contributed by atoms with Gasteiger partial charge in [0.25, 0.3) is 0 Å². The molecule has 0 spiro atoms. The second-order valence-corrected chi connectivity index (χ2v) is 7.54. The van der Waals surface area contributed by atoms with Crippen molar-refractivity contribution in [1.29, 1.82) is 0 Å². The molecule has 5 heteroatoms. The molecule has 1 N–H and O–H groups in total. The lowest BCUT2D eigenvalue weighted by atomic mass is 10.0. The first-order valence-electron chi connectivity index (χ1n) is 10.4. The Morgan fingerprint density at radius 1 is 1.10 bits per heavy atom. The third-order valence-corrected chi connectivity index (χ3v) is 5.50. The number of benzene rings is 2. The summed E-state index contributed by atoms with van der Waals surface area (Å²) in [4.78, 5) is 15.3. The molecule has 152 valence electrons. The zero-order valence-corrected chi connectivity index (χ0v) is 16.8. The molecule has 29 heavy (non-hydrogen) atoms. The van der Waals surface area contributed by atoms with Crippen LogP contribution in [0.25, 0.3) is 6.08 Å². The van der Waals surface area contributed by atoms with Crippen molar-refractivity contribution in [3.05, 3.63) is 58.8 Å². The molecular weight excluding hydrogens is 366 g/mol. The summed E-state index contributed by atoms with van der Waals surface area (Å²) in [5.41, 5.74) is 2.00. The van der Waals surface area contributed by atoms with Crippen LogP contribution in [0, 0.1) is 0 Å². The van der Waals surface area contributed by atoms with Crippen LogP contribution in [0.5, 0.6) is 17.2 Å². The molecule has 2 heterocycles. The smallest absolute Gasteiger partial charge is 0.231 e. The maximum absolute atomic E-state index is 13.0. The number of carbonyl (C=O) groups is 1. The maximum atomic E-state index is 13.0. The molecule has 1 saturated heterocycles. The van der Waals surface area contributed by atoms with Crippen molar-refractivity contribution < 1.29 is 19.4 Å².